The molecule has 7 rings (SSSR count). The summed E-state index contributed by atoms with van der Waals surface area (Å²) in [4.78, 5) is 4.34. The minimum absolute atomic E-state index is 0.0505. The summed E-state index contributed by atoms with van der Waals surface area (Å²) in [6.45, 7) is 17.8. The van der Waals surface area contributed by atoms with Gasteiger partial charge in [-0.2, -0.15) is 46.6 Å². The van der Waals surface area contributed by atoms with E-state index in [9.17, 15) is 56.3 Å². The third kappa shape index (κ3) is 8.93. The van der Waals surface area contributed by atoms with Gasteiger partial charge in [0.2, 0.25) is 0 Å². The SMILES string of the molecule is [C-]#[N+]C([N+]#[C-])=C1Cc2c(-c3ccc(SC(F)(F)F)cc3)c3c(c(-c4ccc(SC(F)(F)F)cc4)c2=C1c1ccc(C)cc1)CC(=C(C#N)C#N)C=3c1ccc(S(F)(F)(F)(F)F)cc1. The minimum atomic E-state index is -10.2. The van der Waals surface area contributed by atoms with E-state index in [1.165, 1.54) is 48.5 Å². The smallest absolute Gasteiger partial charge is 0.192 e. The van der Waals surface area contributed by atoms with Crippen LogP contribution in [0.3, 0.4) is 0 Å². The number of benzene rings is 5. The standard InChI is InChI=1S/C45H23F11N4S3/c1-24-4-6-25(7-5-24)40-36(43(59-2)60-3)21-35-39(27-10-16-31(17-11-27)62-45(49,50)51)41-34(38(42(35)40)26-8-14-30(15-9-26)61-44(46,47)48)20-33(29(22-57)23-58)37(41)28-12-18-32(19-13-28)63(52,53,54,55)56/h4-19H,20-21H2,1H3. The van der Waals surface area contributed by atoms with Crippen LogP contribution in [0.25, 0.3) is 43.1 Å². The molecule has 2 aliphatic carbocycles. The van der Waals surface area contributed by atoms with E-state index in [4.69, 9.17) is 13.1 Å². The summed E-state index contributed by atoms with van der Waals surface area (Å²) >= 11 is -0.793. The lowest BCUT2D eigenvalue weighted by atomic mass is 9.86. The molecule has 0 radical (unpaired) electrons. The van der Waals surface area contributed by atoms with Crippen LogP contribution in [0.1, 0.15) is 27.8 Å². The Hall–Kier alpha value is -6.44. The van der Waals surface area contributed by atoms with Crippen molar-refractivity contribution in [3.63, 3.8) is 0 Å². The second kappa shape index (κ2) is 15.1. The molecule has 5 aromatic rings. The average Bonchev–Trinajstić information content (AvgIpc) is 3.77. The molecule has 0 fully saturated rings. The summed E-state index contributed by atoms with van der Waals surface area (Å²) in [5, 5.41) is 21.0. The number of rotatable bonds is 7. The highest BCUT2D eigenvalue weighted by atomic mass is 32.5. The lowest BCUT2D eigenvalue weighted by Crippen LogP contribution is -2.25. The van der Waals surface area contributed by atoms with Crippen LogP contribution in [0.15, 0.2) is 134 Å². The number of hydrogen-bond acceptors (Lipinski definition) is 4. The maximum atomic E-state index is 14.0. The third-order valence-corrected chi connectivity index (χ3v) is 12.8. The van der Waals surface area contributed by atoms with Crippen LogP contribution in [0.2, 0.25) is 0 Å². The molecule has 63 heavy (non-hydrogen) atoms. The summed E-state index contributed by atoms with van der Waals surface area (Å²) in [6, 6.07) is 22.6. The van der Waals surface area contributed by atoms with Crippen LogP contribution in [0.4, 0.5) is 45.8 Å². The average molecular weight is 925 g/mol. The van der Waals surface area contributed by atoms with Crippen LogP contribution >= 0.6 is 33.7 Å². The number of aryl methyl sites for hydroxylation is 1. The minimum Gasteiger partial charge on any atom is -0.192 e. The second-order valence-corrected chi connectivity index (χ2v) is 18.9. The van der Waals surface area contributed by atoms with Gasteiger partial charge in [0.25, 0.3) is 0 Å². The highest BCUT2D eigenvalue weighted by Gasteiger charge is 2.65. The molecule has 0 unspecified atom stereocenters. The van der Waals surface area contributed by atoms with Crippen molar-refractivity contribution in [3.05, 3.63) is 181 Å². The topological polar surface area (TPSA) is 56.3 Å². The molecule has 2 aliphatic rings. The molecule has 18 heteroatoms. The zero-order valence-corrected chi connectivity index (χ0v) is 34.3. The fourth-order valence-corrected chi connectivity index (χ4v) is 9.56. The monoisotopic (exact) mass is 924 g/mol. The van der Waals surface area contributed by atoms with Gasteiger partial charge in [0.1, 0.15) is 35.8 Å². The quantitative estimate of drug-likeness (QED) is 0.0706. The van der Waals surface area contributed by atoms with Gasteiger partial charge in [-0.05, 0) is 145 Å². The normalized spacial score (nSPS) is 14.7. The molecule has 0 amide bonds. The first-order valence-electron chi connectivity index (χ1n) is 18.0. The lowest BCUT2D eigenvalue weighted by Gasteiger charge is -2.40. The van der Waals surface area contributed by atoms with Crippen molar-refractivity contribution >= 4 is 44.9 Å². The first-order chi connectivity index (χ1) is 29.3. The number of fused-ring (bicyclic) bond motifs is 2. The molecule has 4 nitrogen and oxygen atoms in total. The number of thioether (sulfide) groups is 2. The summed E-state index contributed by atoms with van der Waals surface area (Å²) in [6.07, 6.45) is -0.534. The summed E-state index contributed by atoms with van der Waals surface area (Å²) < 4.78 is 151. The Morgan fingerprint density at radius 2 is 0.937 bits per heavy atom. The van der Waals surface area contributed by atoms with E-state index in [0.29, 0.717) is 21.9 Å². The summed E-state index contributed by atoms with van der Waals surface area (Å²) in [7, 11) is -10.2. The van der Waals surface area contributed by atoms with Crippen LogP contribution < -0.4 is 10.4 Å². The molecular weight excluding hydrogens is 902 g/mol. The van der Waals surface area contributed by atoms with Gasteiger partial charge in [0, 0.05) is 16.2 Å². The number of halogens is 11. The Balaban J connectivity index is 1.77. The van der Waals surface area contributed by atoms with Gasteiger partial charge < -0.3 is 0 Å². The van der Waals surface area contributed by atoms with E-state index in [-0.39, 0.29) is 108 Å². The predicted octanol–water partition coefficient (Wildman–Crippen LogP) is 14.1. The van der Waals surface area contributed by atoms with Gasteiger partial charge in [-0.25, -0.2) is 0 Å². The maximum absolute atomic E-state index is 14.0. The van der Waals surface area contributed by atoms with Gasteiger partial charge in [0.15, 0.2) is 0 Å². The molecule has 0 spiro atoms. The fraction of sp³-hybridized carbons (Fsp3) is 0.111. The Labute approximate surface area is 360 Å². The van der Waals surface area contributed by atoms with Crippen LogP contribution in [0.5, 0.6) is 0 Å². The van der Waals surface area contributed by atoms with Crippen molar-refractivity contribution in [1.29, 1.82) is 10.5 Å². The van der Waals surface area contributed by atoms with Crippen molar-refractivity contribution in [2.45, 2.75) is 45.5 Å². The predicted molar refractivity (Wildman–Crippen MR) is 220 cm³/mol. The Kier molecular flexibility index (Phi) is 10.7. The molecule has 5 aromatic carbocycles. The highest BCUT2D eigenvalue weighted by molar-refractivity contribution is 8.45. The Morgan fingerprint density at radius 1 is 0.571 bits per heavy atom. The first-order valence-corrected chi connectivity index (χ1v) is 21.6. The van der Waals surface area contributed by atoms with Crippen molar-refractivity contribution in [1.82, 2.24) is 0 Å². The zero-order chi connectivity index (χ0) is 45.9. The number of nitrogens with zero attached hydrogens (tertiary/aromatic N) is 4. The van der Waals surface area contributed by atoms with Gasteiger partial charge in [0.05, 0.1) is 5.57 Å². The maximum Gasteiger partial charge on any atom is 0.523 e. The van der Waals surface area contributed by atoms with Gasteiger partial charge >= 0.3 is 27.1 Å². The molecular formula is C45H23F11N4S3. The van der Waals surface area contributed by atoms with Crippen LogP contribution in [-0.4, -0.2) is 11.0 Å². The second-order valence-electron chi connectivity index (χ2n) is 14.2. The lowest BCUT2D eigenvalue weighted by molar-refractivity contribution is -0.0337. The molecule has 0 atom stereocenters. The molecule has 0 bridgehead atoms. The molecule has 0 aromatic heterocycles. The molecule has 0 saturated heterocycles. The third-order valence-electron chi connectivity index (χ3n) is 10.2. The van der Waals surface area contributed by atoms with Gasteiger partial charge in [-0.3, -0.25) is 0 Å². The van der Waals surface area contributed by atoms with E-state index in [0.717, 1.165) is 17.7 Å². The zero-order valence-electron chi connectivity index (χ0n) is 31.8. The first kappa shape index (κ1) is 44.6. The van der Waals surface area contributed by atoms with Gasteiger partial charge in [-0.15, -0.1) is 0 Å². The molecule has 0 N–H and O–H groups in total. The number of nitriles is 2. The molecule has 318 valence electrons. The summed E-state index contributed by atoms with van der Waals surface area (Å²) in [5.74, 6) is -0.361. The number of hydrogen-bond donors (Lipinski definition) is 0. The van der Waals surface area contributed by atoms with Crippen molar-refractivity contribution < 1.29 is 45.8 Å². The van der Waals surface area contributed by atoms with Crippen molar-refractivity contribution in [3.8, 4) is 34.4 Å². The van der Waals surface area contributed by atoms with E-state index in [2.05, 4.69) is 9.69 Å². The molecule has 0 saturated carbocycles. The highest BCUT2D eigenvalue weighted by Crippen LogP contribution is 3.02. The van der Waals surface area contributed by atoms with E-state index < -0.39 is 43.5 Å². The van der Waals surface area contributed by atoms with Gasteiger partial charge in [-0.1, -0.05) is 85.7 Å². The number of alkyl halides is 6. The molecule has 0 aliphatic heterocycles. The van der Waals surface area contributed by atoms with Crippen molar-refractivity contribution in [2.24, 2.45) is 0 Å². The van der Waals surface area contributed by atoms with Crippen LogP contribution in [0, 0.1) is 42.7 Å². The Bertz CT molecular complexity index is 3090. The van der Waals surface area contributed by atoms with Crippen molar-refractivity contribution in [2.75, 3.05) is 0 Å². The number of allylic oxidation sites excluding steroid dienone is 3. The molecule has 0 heterocycles. The van der Waals surface area contributed by atoms with Crippen LogP contribution in [-0.2, 0) is 12.8 Å². The fourth-order valence-electron chi connectivity index (χ4n) is 7.83. The van der Waals surface area contributed by atoms with E-state index >= 15 is 0 Å². The van der Waals surface area contributed by atoms with E-state index in [1.807, 2.05) is 6.92 Å². The van der Waals surface area contributed by atoms with E-state index in [1.54, 1.807) is 36.4 Å². The summed E-state index contributed by atoms with van der Waals surface area (Å²) in [5.41, 5.74) is -6.68. The largest absolute Gasteiger partial charge is 0.523 e. The Morgan fingerprint density at radius 3 is 1.30 bits per heavy atom.